The van der Waals surface area contributed by atoms with E-state index in [1.54, 1.807) is 36.1 Å². The molecule has 26 heavy (non-hydrogen) atoms. The molecule has 7 nitrogen and oxygen atoms in total. The van der Waals surface area contributed by atoms with Crippen LogP contribution in [0.5, 0.6) is 11.5 Å². The van der Waals surface area contributed by atoms with E-state index in [4.69, 9.17) is 9.47 Å². The summed E-state index contributed by atoms with van der Waals surface area (Å²) in [6.45, 7) is 2.51. The van der Waals surface area contributed by atoms with Crippen molar-refractivity contribution in [2.45, 2.75) is 12.1 Å². The molecule has 0 N–H and O–H groups in total. The quantitative estimate of drug-likeness (QED) is 0.445. The second-order valence-corrected chi connectivity index (χ2v) is 6.18. The maximum Gasteiger partial charge on any atom is 0.214 e. The van der Waals surface area contributed by atoms with Crippen LogP contribution >= 0.6 is 11.8 Å². The largest absolute Gasteiger partial charge is 0.497 e. The van der Waals surface area contributed by atoms with E-state index in [0.29, 0.717) is 17.3 Å². The fourth-order valence-electron chi connectivity index (χ4n) is 2.27. The molecule has 1 aromatic heterocycles. The number of methoxy groups -OCH3 is 1. The summed E-state index contributed by atoms with van der Waals surface area (Å²) in [5.74, 6) is 1.74. The number of hydrogen-bond acceptors (Lipinski definition) is 7. The lowest BCUT2D eigenvalue weighted by Crippen LogP contribution is -2.05. The first-order chi connectivity index (χ1) is 12.7. The van der Waals surface area contributed by atoms with Crippen molar-refractivity contribution >= 4 is 17.5 Å². The molecule has 0 aliphatic rings. The smallest absolute Gasteiger partial charge is 0.214 e. The lowest BCUT2D eigenvalue weighted by molar-refractivity contribution is 0.102. The van der Waals surface area contributed by atoms with E-state index in [0.717, 1.165) is 17.2 Å². The Kier molecular flexibility index (Phi) is 5.85. The molecule has 0 aliphatic heterocycles. The van der Waals surface area contributed by atoms with E-state index in [9.17, 15) is 4.79 Å². The number of carbonyl (C=O) groups excluding carboxylic acids is 1. The van der Waals surface area contributed by atoms with Gasteiger partial charge in [-0.25, -0.2) is 0 Å². The third-order valence-electron chi connectivity index (χ3n) is 3.58. The Balaban J connectivity index is 1.66. The van der Waals surface area contributed by atoms with Gasteiger partial charge >= 0.3 is 0 Å². The van der Waals surface area contributed by atoms with Crippen LogP contribution in [0.15, 0.2) is 53.7 Å². The summed E-state index contributed by atoms with van der Waals surface area (Å²) in [7, 11) is 1.61. The summed E-state index contributed by atoms with van der Waals surface area (Å²) in [6.07, 6.45) is 0. The van der Waals surface area contributed by atoms with Crippen molar-refractivity contribution in [2.24, 2.45) is 0 Å². The SMILES string of the molecule is CCOc1ccc(C(=O)CSc2nnnn2-c2ccc(OC)cc2)cc1. The predicted octanol–water partition coefficient (Wildman–Crippen LogP) is 3.04. The van der Waals surface area contributed by atoms with Crippen molar-refractivity contribution in [3.8, 4) is 17.2 Å². The Morgan fingerprint density at radius 2 is 1.77 bits per heavy atom. The molecule has 134 valence electrons. The summed E-state index contributed by atoms with van der Waals surface area (Å²) >= 11 is 1.29. The first-order valence-electron chi connectivity index (χ1n) is 8.03. The second-order valence-electron chi connectivity index (χ2n) is 5.24. The van der Waals surface area contributed by atoms with Crippen molar-refractivity contribution in [2.75, 3.05) is 19.5 Å². The standard InChI is InChI=1S/C18H18N4O3S/c1-3-25-16-8-4-13(5-9-16)17(23)12-26-18-19-20-21-22(18)14-6-10-15(24-2)11-7-14/h4-11H,3,12H2,1-2H3. The molecule has 2 aromatic carbocycles. The van der Waals surface area contributed by atoms with E-state index in [1.165, 1.54) is 11.8 Å². The number of hydrogen-bond donors (Lipinski definition) is 0. The molecule has 0 aliphatic carbocycles. The van der Waals surface area contributed by atoms with Gasteiger partial charge in [0.15, 0.2) is 5.78 Å². The highest BCUT2D eigenvalue weighted by Gasteiger charge is 2.13. The molecule has 0 radical (unpaired) electrons. The van der Waals surface area contributed by atoms with Gasteiger partial charge in [-0.1, -0.05) is 11.8 Å². The molecule has 3 aromatic rings. The monoisotopic (exact) mass is 370 g/mol. The van der Waals surface area contributed by atoms with Crippen molar-refractivity contribution in [1.82, 2.24) is 20.2 Å². The number of nitrogens with zero attached hydrogens (tertiary/aromatic N) is 4. The maximum atomic E-state index is 12.4. The molecule has 0 atom stereocenters. The van der Waals surface area contributed by atoms with Gasteiger partial charge in [-0.05, 0) is 65.9 Å². The molecule has 0 saturated heterocycles. The highest BCUT2D eigenvalue weighted by molar-refractivity contribution is 7.99. The van der Waals surface area contributed by atoms with Gasteiger partial charge in [0, 0.05) is 5.56 Å². The van der Waals surface area contributed by atoms with E-state index >= 15 is 0 Å². The topological polar surface area (TPSA) is 79.1 Å². The van der Waals surface area contributed by atoms with Gasteiger partial charge in [0.1, 0.15) is 11.5 Å². The van der Waals surface area contributed by atoms with Crippen LogP contribution in [0.2, 0.25) is 0 Å². The normalized spacial score (nSPS) is 10.5. The van der Waals surface area contributed by atoms with Crippen molar-refractivity contribution in [1.29, 1.82) is 0 Å². The summed E-state index contributed by atoms with van der Waals surface area (Å²) in [4.78, 5) is 12.4. The fraction of sp³-hybridized carbons (Fsp3) is 0.222. The van der Waals surface area contributed by atoms with E-state index in [-0.39, 0.29) is 11.5 Å². The van der Waals surface area contributed by atoms with Crippen LogP contribution < -0.4 is 9.47 Å². The lowest BCUT2D eigenvalue weighted by Gasteiger charge is -2.06. The zero-order valence-corrected chi connectivity index (χ0v) is 15.3. The molecular formula is C18H18N4O3S. The fourth-order valence-corrected chi connectivity index (χ4v) is 3.06. The Labute approximate surface area is 155 Å². The van der Waals surface area contributed by atoms with E-state index < -0.39 is 0 Å². The van der Waals surface area contributed by atoms with Crippen LogP contribution in [-0.4, -0.2) is 45.5 Å². The average molecular weight is 370 g/mol. The van der Waals surface area contributed by atoms with Crippen molar-refractivity contribution < 1.29 is 14.3 Å². The molecule has 0 unspecified atom stereocenters. The predicted molar refractivity (Wildman–Crippen MR) is 98.4 cm³/mol. The van der Waals surface area contributed by atoms with Gasteiger partial charge < -0.3 is 9.47 Å². The molecule has 0 spiro atoms. The van der Waals surface area contributed by atoms with Crippen LogP contribution in [0.1, 0.15) is 17.3 Å². The minimum atomic E-state index is 0.00216. The van der Waals surface area contributed by atoms with Crippen LogP contribution in [0.25, 0.3) is 5.69 Å². The minimum Gasteiger partial charge on any atom is -0.497 e. The first-order valence-corrected chi connectivity index (χ1v) is 9.01. The third kappa shape index (κ3) is 4.20. The minimum absolute atomic E-state index is 0.00216. The molecule has 0 amide bonds. The number of tetrazole rings is 1. The van der Waals surface area contributed by atoms with Crippen LogP contribution in [0, 0.1) is 0 Å². The van der Waals surface area contributed by atoms with Gasteiger partial charge in [-0.3, -0.25) is 4.79 Å². The number of carbonyl (C=O) groups is 1. The molecule has 1 heterocycles. The number of aromatic nitrogens is 4. The molecule has 0 saturated carbocycles. The van der Waals surface area contributed by atoms with Crippen LogP contribution in [-0.2, 0) is 0 Å². The molecule has 0 bridgehead atoms. The lowest BCUT2D eigenvalue weighted by atomic mass is 10.1. The van der Waals surface area contributed by atoms with Crippen LogP contribution in [0.3, 0.4) is 0 Å². The van der Waals surface area contributed by atoms with Gasteiger partial charge in [-0.15, -0.1) is 5.10 Å². The number of benzene rings is 2. The number of ketones is 1. The Bertz CT molecular complexity index is 863. The first kappa shape index (κ1) is 17.9. The Morgan fingerprint density at radius 3 is 2.42 bits per heavy atom. The maximum absolute atomic E-state index is 12.4. The Morgan fingerprint density at radius 1 is 1.08 bits per heavy atom. The van der Waals surface area contributed by atoms with Gasteiger partial charge in [0.2, 0.25) is 5.16 Å². The Hall–Kier alpha value is -2.87. The summed E-state index contributed by atoms with van der Waals surface area (Å²) in [6, 6.07) is 14.5. The zero-order valence-electron chi connectivity index (χ0n) is 14.5. The number of thioether (sulfide) groups is 1. The van der Waals surface area contributed by atoms with E-state index in [2.05, 4.69) is 15.5 Å². The van der Waals surface area contributed by atoms with Crippen LogP contribution in [0.4, 0.5) is 0 Å². The van der Waals surface area contributed by atoms with Crippen molar-refractivity contribution in [3.05, 3.63) is 54.1 Å². The number of ether oxygens (including phenoxy) is 2. The third-order valence-corrected chi connectivity index (χ3v) is 4.50. The summed E-state index contributed by atoms with van der Waals surface area (Å²) in [5, 5.41) is 12.2. The van der Waals surface area contributed by atoms with Gasteiger partial charge in [0.05, 0.1) is 25.2 Å². The summed E-state index contributed by atoms with van der Waals surface area (Å²) in [5.41, 5.74) is 1.43. The van der Waals surface area contributed by atoms with Gasteiger partial charge in [0.25, 0.3) is 0 Å². The highest BCUT2D eigenvalue weighted by Crippen LogP contribution is 2.21. The molecular weight excluding hydrogens is 352 g/mol. The average Bonchev–Trinajstić information content (AvgIpc) is 3.15. The molecule has 3 rings (SSSR count). The van der Waals surface area contributed by atoms with E-state index in [1.807, 2.05) is 31.2 Å². The highest BCUT2D eigenvalue weighted by atomic mass is 32.2. The molecule has 8 heteroatoms. The zero-order chi connectivity index (χ0) is 18.4. The number of Topliss-reactive ketones (excluding diaryl/α,β-unsaturated/α-hetero) is 1. The van der Waals surface area contributed by atoms with Gasteiger partial charge in [-0.2, -0.15) is 4.68 Å². The molecule has 0 fully saturated rings. The second kappa shape index (κ2) is 8.48. The summed E-state index contributed by atoms with van der Waals surface area (Å²) < 4.78 is 12.1. The number of rotatable bonds is 8. The van der Waals surface area contributed by atoms with Crippen molar-refractivity contribution in [3.63, 3.8) is 0 Å².